The number of fused-ring (bicyclic) bond motifs is 1. The van der Waals surface area contributed by atoms with Crippen molar-refractivity contribution in [2.45, 2.75) is 31.8 Å². The highest BCUT2D eigenvalue weighted by Crippen LogP contribution is 2.27. The minimum Gasteiger partial charge on any atom is -0.374 e. The van der Waals surface area contributed by atoms with Gasteiger partial charge in [-0.15, -0.1) is 24.0 Å². The molecule has 0 radical (unpaired) electrons. The molecule has 2 aromatic rings. The van der Waals surface area contributed by atoms with Gasteiger partial charge in [-0.05, 0) is 48.6 Å². The fraction of sp³-hybridized carbons (Fsp3) is 0.455. The third-order valence-corrected chi connectivity index (χ3v) is 6.04. The Balaban J connectivity index is 0.00000256. The van der Waals surface area contributed by atoms with E-state index >= 15 is 0 Å². The maximum Gasteiger partial charge on any atom is 0.191 e. The minimum atomic E-state index is 0. The summed E-state index contributed by atoms with van der Waals surface area (Å²) in [6, 6.07) is 10.8. The molecule has 1 unspecified atom stereocenters. The van der Waals surface area contributed by atoms with Crippen LogP contribution in [0.5, 0.6) is 0 Å². The number of benzene rings is 1. The Morgan fingerprint density at radius 3 is 2.97 bits per heavy atom. The van der Waals surface area contributed by atoms with E-state index in [2.05, 4.69) is 55.7 Å². The molecule has 4 rings (SSSR count). The molecular formula is C22H30ClIN6. The van der Waals surface area contributed by atoms with Crippen molar-refractivity contribution in [2.24, 2.45) is 4.99 Å². The van der Waals surface area contributed by atoms with Gasteiger partial charge in [0, 0.05) is 58.2 Å². The van der Waals surface area contributed by atoms with Crippen LogP contribution in [0.3, 0.4) is 0 Å². The standard InChI is InChI=1S/C22H29ClN6.HI/c1-24-22(26-14-16-7-8-20-17(13-16)5-4-11-28(20)2)27-18-9-12-29(15-18)21-19(23)6-3-10-25-21;/h3,6-8,10,13,18H,4-5,9,11-12,14-15H2,1-2H3,(H2,24,26,27);1H. The van der Waals surface area contributed by atoms with Crippen LogP contribution in [0.1, 0.15) is 24.0 Å². The van der Waals surface area contributed by atoms with Gasteiger partial charge >= 0.3 is 0 Å². The summed E-state index contributed by atoms with van der Waals surface area (Å²) in [6.45, 7) is 3.70. The van der Waals surface area contributed by atoms with E-state index in [0.29, 0.717) is 11.1 Å². The van der Waals surface area contributed by atoms with E-state index in [-0.39, 0.29) is 24.0 Å². The van der Waals surface area contributed by atoms with Gasteiger partial charge < -0.3 is 20.4 Å². The summed E-state index contributed by atoms with van der Waals surface area (Å²) in [6.07, 6.45) is 5.20. The molecule has 8 heteroatoms. The number of aliphatic imine (C=N–C) groups is 1. The molecule has 2 aliphatic rings. The summed E-state index contributed by atoms with van der Waals surface area (Å²) in [5.74, 6) is 1.69. The molecule has 0 saturated carbocycles. The zero-order valence-corrected chi connectivity index (χ0v) is 20.7. The van der Waals surface area contributed by atoms with E-state index in [0.717, 1.165) is 50.8 Å². The fourth-order valence-corrected chi connectivity index (χ4v) is 4.44. The van der Waals surface area contributed by atoms with Crippen molar-refractivity contribution < 1.29 is 0 Å². The minimum absolute atomic E-state index is 0. The van der Waals surface area contributed by atoms with E-state index in [1.54, 1.807) is 6.20 Å². The fourth-order valence-electron chi connectivity index (χ4n) is 4.20. The molecule has 0 bridgehead atoms. The Bertz CT molecular complexity index is 890. The van der Waals surface area contributed by atoms with Gasteiger partial charge in [0.25, 0.3) is 0 Å². The zero-order valence-electron chi connectivity index (χ0n) is 17.6. The van der Waals surface area contributed by atoms with Crippen molar-refractivity contribution in [3.8, 4) is 0 Å². The van der Waals surface area contributed by atoms with Crippen molar-refractivity contribution >= 4 is 53.0 Å². The van der Waals surface area contributed by atoms with Gasteiger partial charge in [0.1, 0.15) is 5.82 Å². The molecule has 1 saturated heterocycles. The maximum atomic E-state index is 6.30. The highest BCUT2D eigenvalue weighted by atomic mass is 127. The molecule has 2 N–H and O–H groups in total. The molecule has 30 heavy (non-hydrogen) atoms. The first-order chi connectivity index (χ1) is 14.1. The van der Waals surface area contributed by atoms with Crippen molar-refractivity contribution in [1.82, 2.24) is 15.6 Å². The Morgan fingerprint density at radius 2 is 2.17 bits per heavy atom. The monoisotopic (exact) mass is 540 g/mol. The normalized spacial score (nSPS) is 18.6. The van der Waals surface area contributed by atoms with E-state index in [4.69, 9.17) is 11.6 Å². The summed E-state index contributed by atoms with van der Waals surface area (Å²) in [7, 11) is 3.99. The number of guanidine groups is 1. The lowest BCUT2D eigenvalue weighted by Crippen LogP contribution is -2.44. The molecule has 1 aromatic carbocycles. The van der Waals surface area contributed by atoms with Crippen LogP contribution in [-0.4, -0.2) is 50.7 Å². The highest BCUT2D eigenvalue weighted by Gasteiger charge is 2.25. The van der Waals surface area contributed by atoms with Gasteiger partial charge in [-0.3, -0.25) is 4.99 Å². The number of nitrogens with zero attached hydrogens (tertiary/aromatic N) is 4. The lowest BCUT2D eigenvalue weighted by atomic mass is 9.99. The van der Waals surface area contributed by atoms with E-state index in [9.17, 15) is 0 Å². The van der Waals surface area contributed by atoms with Gasteiger partial charge in [0.2, 0.25) is 0 Å². The molecule has 1 atom stereocenters. The SMILES string of the molecule is CN=C(NCc1ccc2c(c1)CCCN2C)NC1CCN(c2ncccc2Cl)C1.I. The Morgan fingerprint density at radius 1 is 1.30 bits per heavy atom. The van der Waals surface area contributed by atoms with Crippen LogP contribution in [0.25, 0.3) is 0 Å². The third-order valence-electron chi connectivity index (χ3n) is 5.75. The van der Waals surface area contributed by atoms with Crippen LogP contribution in [-0.2, 0) is 13.0 Å². The predicted molar refractivity (Wildman–Crippen MR) is 137 cm³/mol. The Kier molecular flexibility index (Phi) is 8.05. The van der Waals surface area contributed by atoms with Crippen LogP contribution in [0, 0.1) is 0 Å². The predicted octanol–water partition coefficient (Wildman–Crippen LogP) is 3.68. The lowest BCUT2D eigenvalue weighted by Gasteiger charge is -2.28. The molecule has 2 aliphatic heterocycles. The van der Waals surface area contributed by atoms with Gasteiger partial charge in [0.05, 0.1) is 5.02 Å². The quantitative estimate of drug-likeness (QED) is 0.352. The molecule has 1 fully saturated rings. The van der Waals surface area contributed by atoms with Gasteiger partial charge in [-0.25, -0.2) is 4.98 Å². The molecule has 1 aromatic heterocycles. The number of nitrogens with one attached hydrogen (secondary N) is 2. The Hall–Kier alpha value is -1.74. The molecule has 0 amide bonds. The molecule has 6 nitrogen and oxygen atoms in total. The van der Waals surface area contributed by atoms with Crippen LogP contribution >= 0.6 is 35.6 Å². The number of halogens is 2. The number of hydrogen-bond donors (Lipinski definition) is 2. The summed E-state index contributed by atoms with van der Waals surface area (Å²) < 4.78 is 0. The second-order valence-corrected chi connectivity index (χ2v) is 8.21. The van der Waals surface area contributed by atoms with Crippen molar-refractivity contribution in [3.05, 3.63) is 52.7 Å². The summed E-state index contributed by atoms with van der Waals surface area (Å²) in [5.41, 5.74) is 4.09. The van der Waals surface area contributed by atoms with E-state index in [1.807, 2.05) is 19.2 Å². The molecule has 0 aliphatic carbocycles. The topological polar surface area (TPSA) is 55.8 Å². The average Bonchev–Trinajstić information content (AvgIpc) is 3.20. The number of aryl methyl sites for hydroxylation is 1. The summed E-state index contributed by atoms with van der Waals surface area (Å²) in [5, 5.41) is 7.71. The van der Waals surface area contributed by atoms with Gasteiger partial charge in [0.15, 0.2) is 5.96 Å². The summed E-state index contributed by atoms with van der Waals surface area (Å²) in [4.78, 5) is 13.4. The smallest absolute Gasteiger partial charge is 0.191 e. The van der Waals surface area contributed by atoms with Crippen LogP contribution in [0.2, 0.25) is 5.02 Å². The number of aromatic nitrogens is 1. The average molecular weight is 541 g/mol. The molecule has 0 spiro atoms. The first-order valence-corrected chi connectivity index (χ1v) is 10.7. The number of pyridine rings is 1. The van der Waals surface area contributed by atoms with Gasteiger partial charge in [-0.2, -0.15) is 0 Å². The van der Waals surface area contributed by atoms with Gasteiger partial charge in [-0.1, -0.05) is 23.7 Å². The third kappa shape index (κ3) is 5.29. The lowest BCUT2D eigenvalue weighted by molar-refractivity contribution is 0.648. The number of anilines is 2. The molecular weight excluding hydrogens is 511 g/mol. The Labute approximate surface area is 201 Å². The van der Waals surface area contributed by atoms with Crippen LogP contribution < -0.4 is 20.4 Å². The number of hydrogen-bond acceptors (Lipinski definition) is 4. The molecule has 162 valence electrons. The maximum absolute atomic E-state index is 6.30. The van der Waals surface area contributed by atoms with Crippen molar-refractivity contribution in [3.63, 3.8) is 0 Å². The van der Waals surface area contributed by atoms with E-state index < -0.39 is 0 Å². The zero-order chi connectivity index (χ0) is 20.2. The second kappa shape index (κ2) is 10.5. The van der Waals surface area contributed by atoms with E-state index in [1.165, 1.54) is 23.2 Å². The van der Waals surface area contributed by atoms with Crippen molar-refractivity contribution in [2.75, 3.05) is 43.5 Å². The van der Waals surface area contributed by atoms with Crippen LogP contribution in [0.4, 0.5) is 11.5 Å². The van der Waals surface area contributed by atoms with Crippen molar-refractivity contribution in [1.29, 1.82) is 0 Å². The molecule has 3 heterocycles. The summed E-state index contributed by atoms with van der Waals surface area (Å²) >= 11 is 6.30. The largest absolute Gasteiger partial charge is 0.374 e. The highest BCUT2D eigenvalue weighted by molar-refractivity contribution is 14.0. The second-order valence-electron chi connectivity index (χ2n) is 7.80. The first kappa shape index (κ1) is 22.9. The number of rotatable bonds is 4. The van der Waals surface area contributed by atoms with Crippen LogP contribution in [0.15, 0.2) is 41.5 Å². The first-order valence-electron chi connectivity index (χ1n) is 10.3.